The molecule has 3 aliphatic rings. The molecular formula is C31H35N3O3. The van der Waals surface area contributed by atoms with Gasteiger partial charge >= 0.3 is 0 Å². The molecule has 2 amide bonds. The van der Waals surface area contributed by atoms with Gasteiger partial charge in [-0.1, -0.05) is 66.7 Å². The van der Waals surface area contributed by atoms with E-state index >= 15 is 0 Å². The molecule has 2 atom stereocenters. The van der Waals surface area contributed by atoms with Crippen LogP contribution in [0.15, 0.2) is 78.9 Å². The minimum atomic E-state index is 0.0485. The minimum Gasteiger partial charge on any atom is -0.377 e. The summed E-state index contributed by atoms with van der Waals surface area (Å²) < 4.78 is 5.37. The maximum absolute atomic E-state index is 12.1. The van der Waals surface area contributed by atoms with Crippen molar-refractivity contribution in [2.45, 2.75) is 37.3 Å². The van der Waals surface area contributed by atoms with Gasteiger partial charge in [-0.25, -0.2) is 0 Å². The Bertz CT molecular complexity index is 1170. The SMILES string of the molecule is O=C(NC1CC1)c1ccc(-c2ccccc2C2CCNC2)cc1.O=CN1CCOCC1c1ccccc1. The second-order valence-corrected chi connectivity index (χ2v) is 9.95. The highest BCUT2D eigenvalue weighted by Gasteiger charge is 2.24. The fourth-order valence-electron chi connectivity index (χ4n) is 5.04. The average molecular weight is 498 g/mol. The summed E-state index contributed by atoms with van der Waals surface area (Å²) in [5.74, 6) is 0.636. The first-order chi connectivity index (χ1) is 18.2. The highest BCUT2D eigenvalue weighted by Crippen LogP contribution is 2.32. The number of ether oxygens (including phenoxy) is 1. The van der Waals surface area contributed by atoms with E-state index in [-0.39, 0.29) is 11.9 Å². The van der Waals surface area contributed by atoms with Gasteiger partial charge in [0.15, 0.2) is 0 Å². The molecule has 37 heavy (non-hydrogen) atoms. The minimum absolute atomic E-state index is 0.0485. The molecule has 1 aliphatic carbocycles. The van der Waals surface area contributed by atoms with Crippen LogP contribution in [0.2, 0.25) is 0 Å². The molecule has 2 N–H and O–H groups in total. The highest BCUT2D eigenvalue weighted by atomic mass is 16.5. The van der Waals surface area contributed by atoms with Crippen molar-refractivity contribution in [3.8, 4) is 11.1 Å². The number of benzene rings is 3. The largest absolute Gasteiger partial charge is 0.377 e. The van der Waals surface area contributed by atoms with Gasteiger partial charge < -0.3 is 20.3 Å². The lowest BCUT2D eigenvalue weighted by atomic mass is 9.90. The van der Waals surface area contributed by atoms with Gasteiger partial charge in [-0.05, 0) is 66.1 Å². The van der Waals surface area contributed by atoms with E-state index in [4.69, 9.17) is 4.74 Å². The number of hydrogen-bond acceptors (Lipinski definition) is 4. The van der Waals surface area contributed by atoms with Crippen LogP contribution in [0, 0.1) is 0 Å². The van der Waals surface area contributed by atoms with Crippen molar-refractivity contribution in [1.29, 1.82) is 0 Å². The lowest BCUT2D eigenvalue weighted by Crippen LogP contribution is -2.38. The molecule has 3 fully saturated rings. The summed E-state index contributed by atoms with van der Waals surface area (Å²) in [5.41, 5.74) is 5.78. The molecule has 6 rings (SSSR count). The molecule has 0 spiro atoms. The van der Waals surface area contributed by atoms with E-state index in [9.17, 15) is 9.59 Å². The Labute approximate surface area is 219 Å². The van der Waals surface area contributed by atoms with Gasteiger partial charge in [0, 0.05) is 24.7 Å². The van der Waals surface area contributed by atoms with Crippen LogP contribution in [0.1, 0.15) is 52.7 Å². The quantitative estimate of drug-likeness (QED) is 0.491. The molecule has 0 aromatic heterocycles. The first kappa shape index (κ1) is 25.2. The Morgan fingerprint density at radius 3 is 2.41 bits per heavy atom. The number of morpholine rings is 1. The number of hydrogen-bond donors (Lipinski definition) is 2. The predicted octanol–water partition coefficient (Wildman–Crippen LogP) is 4.54. The normalized spacial score (nSPS) is 21.0. The Kier molecular flexibility index (Phi) is 8.28. The van der Waals surface area contributed by atoms with Crippen molar-refractivity contribution in [1.82, 2.24) is 15.5 Å². The van der Waals surface area contributed by atoms with E-state index in [2.05, 4.69) is 47.0 Å². The fourth-order valence-corrected chi connectivity index (χ4v) is 5.04. The molecule has 6 nitrogen and oxygen atoms in total. The molecule has 2 heterocycles. The number of carbonyl (C=O) groups is 2. The summed E-state index contributed by atoms with van der Waals surface area (Å²) in [7, 11) is 0. The van der Waals surface area contributed by atoms with E-state index < -0.39 is 0 Å². The highest BCUT2D eigenvalue weighted by molar-refractivity contribution is 5.95. The van der Waals surface area contributed by atoms with Crippen LogP contribution in [-0.4, -0.2) is 56.1 Å². The first-order valence-corrected chi connectivity index (χ1v) is 13.3. The number of nitrogens with one attached hydrogen (secondary N) is 2. The summed E-state index contributed by atoms with van der Waals surface area (Å²) in [6.07, 6.45) is 4.33. The third-order valence-electron chi connectivity index (χ3n) is 7.32. The summed E-state index contributed by atoms with van der Waals surface area (Å²) >= 11 is 0. The fraction of sp³-hybridized carbons (Fsp3) is 0.355. The molecule has 2 unspecified atom stereocenters. The van der Waals surface area contributed by atoms with E-state index in [1.165, 1.54) is 23.1 Å². The zero-order valence-electron chi connectivity index (χ0n) is 21.1. The van der Waals surface area contributed by atoms with Crippen LogP contribution in [0.5, 0.6) is 0 Å². The first-order valence-electron chi connectivity index (χ1n) is 13.3. The number of carbonyl (C=O) groups excluding carboxylic acids is 2. The molecule has 3 aromatic rings. The summed E-state index contributed by atoms with van der Waals surface area (Å²) in [4.78, 5) is 24.7. The molecule has 0 bridgehead atoms. The van der Waals surface area contributed by atoms with E-state index in [1.54, 1.807) is 4.90 Å². The van der Waals surface area contributed by atoms with Gasteiger partial charge in [0.1, 0.15) is 0 Å². The topological polar surface area (TPSA) is 70.7 Å². The van der Waals surface area contributed by atoms with E-state index in [0.717, 1.165) is 43.5 Å². The lowest BCUT2D eigenvalue weighted by Gasteiger charge is -2.32. The van der Waals surface area contributed by atoms with Crippen LogP contribution in [0.3, 0.4) is 0 Å². The smallest absolute Gasteiger partial charge is 0.251 e. The Balaban J connectivity index is 0.000000171. The van der Waals surface area contributed by atoms with Gasteiger partial charge in [-0.3, -0.25) is 9.59 Å². The Morgan fingerprint density at radius 1 is 0.946 bits per heavy atom. The maximum atomic E-state index is 12.1. The molecule has 6 heteroatoms. The van der Waals surface area contributed by atoms with Gasteiger partial charge in [-0.15, -0.1) is 0 Å². The molecule has 2 saturated heterocycles. The van der Waals surface area contributed by atoms with E-state index in [1.807, 2.05) is 42.5 Å². The van der Waals surface area contributed by atoms with Crippen LogP contribution in [0.4, 0.5) is 0 Å². The number of rotatable bonds is 6. The monoisotopic (exact) mass is 497 g/mol. The second-order valence-electron chi connectivity index (χ2n) is 9.95. The third kappa shape index (κ3) is 6.45. The van der Waals surface area contributed by atoms with Gasteiger partial charge in [0.2, 0.25) is 6.41 Å². The maximum Gasteiger partial charge on any atom is 0.251 e. The van der Waals surface area contributed by atoms with Gasteiger partial charge in [0.25, 0.3) is 5.91 Å². The van der Waals surface area contributed by atoms with Crippen molar-refractivity contribution < 1.29 is 14.3 Å². The van der Waals surface area contributed by atoms with Gasteiger partial charge in [0.05, 0.1) is 19.3 Å². The average Bonchev–Trinajstić information content (AvgIpc) is 3.61. The van der Waals surface area contributed by atoms with E-state index in [0.29, 0.717) is 31.7 Å². The Morgan fingerprint density at radius 2 is 1.70 bits per heavy atom. The zero-order valence-corrected chi connectivity index (χ0v) is 21.1. The standard InChI is InChI=1S/C20H22N2O.C11H13NO2/c23-20(22-17-9-10-17)15-7-5-14(6-8-15)18-3-1-2-4-19(18)16-11-12-21-13-16;13-9-12-6-7-14-8-11(12)10-4-2-1-3-5-10/h1-8,16-17,21H,9-13H2,(H,22,23);1-5,9,11H,6-8H2. The molecule has 3 aromatic carbocycles. The molecule has 2 aliphatic heterocycles. The lowest BCUT2D eigenvalue weighted by molar-refractivity contribution is -0.126. The van der Waals surface area contributed by atoms with Crippen molar-refractivity contribution >= 4 is 12.3 Å². The van der Waals surface area contributed by atoms with Crippen molar-refractivity contribution in [3.05, 3.63) is 95.6 Å². The number of nitrogens with zero attached hydrogens (tertiary/aromatic N) is 1. The zero-order chi connectivity index (χ0) is 25.5. The Hall–Kier alpha value is -3.48. The van der Waals surface area contributed by atoms with Crippen molar-refractivity contribution in [2.75, 3.05) is 32.8 Å². The van der Waals surface area contributed by atoms with Crippen molar-refractivity contribution in [3.63, 3.8) is 0 Å². The third-order valence-corrected chi connectivity index (χ3v) is 7.32. The summed E-state index contributed by atoms with van der Waals surface area (Å²) in [6.45, 7) is 4.08. The molecule has 1 saturated carbocycles. The second kappa shape index (κ2) is 12.2. The van der Waals surface area contributed by atoms with Crippen LogP contribution in [-0.2, 0) is 9.53 Å². The van der Waals surface area contributed by atoms with Crippen molar-refractivity contribution in [2.24, 2.45) is 0 Å². The van der Waals surface area contributed by atoms with Crippen LogP contribution < -0.4 is 10.6 Å². The molecule has 0 radical (unpaired) electrons. The van der Waals surface area contributed by atoms with Gasteiger partial charge in [-0.2, -0.15) is 0 Å². The molecule has 192 valence electrons. The van der Waals surface area contributed by atoms with Crippen LogP contribution >= 0.6 is 0 Å². The number of amides is 2. The van der Waals surface area contributed by atoms with Crippen LogP contribution in [0.25, 0.3) is 11.1 Å². The summed E-state index contributed by atoms with van der Waals surface area (Å²) in [6, 6.07) is 27.1. The molecular weight excluding hydrogens is 462 g/mol. The summed E-state index contributed by atoms with van der Waals surface area (Å²) in [5, 5.41) is 6.48. The predicted molar refractivity (Wildman–Crippen MR) is 145 cm³/mol.